The number of aliphatic hydroxyl groups excluding tert-OH is 1. The van der Waals surface area contributed by atoms with Crippen LogP contribution in [0.4, 0.5) is 4.39 Å². The highest BCUT2D eigenvalue weighted by Gasteiger charge is 2.33. The zero-order valence-corrected chi connectivity index (χ0v) is 18.3. The van der Waals surface area contributed by atoms with Gasteiger partial charge >= 0.3 is 0 Å². The number of nitrogens with zero attached hydrogens (tertiary/aromatic N) is 2. The lowest BCUT2D eigenvalue weighted by molar-refractivity contribution is 0.0735. The van der Waals surface area contributed by atoms with Gasteiger partial charge < -0.3 is 20.6 Å². The number of thiazole rings is 1. The number of carbonyl (C=O) groups is 2. The highest BCUT2D eigenvalue weighted by molar-refractivity contribution is 7.09. The van der Waals surface area contributed by atoms with E-state index in [-0.39, 0.29) is 35.7 Å². The average molecular weight is 447 g/mol. The van der Waals surface area contributed by atoms with E-state index in [9.17, 15) is 19.1 Å². The van der Waals surface area contributed by atoms with Crippen LogP contribution in [-0.2, 0) is 0 Å². The van der Waals surface area contributed by atoms with Crippen molar-refractivity contribution in [2.75, 3.05) is 19.6 Å². The van der Waals surface area contributed by atoms with Gasteiger partial charge in [0.25, 0.3) is 11.8 Å². The maximum absolute atomic E-state index is 14.3. The van der Waals surface area contributed by atoms with E-state index >= 15 is 0 Å². The van der Waals surface area contributed by atoms with E-state index in [1.54, 1.807) is 4.90 Å². The van der Waals surface area contributed by atoms with E-state index in [4.69, 9.17) is 0 Å². The Bertz CT molecular complexity index is 960. The van der Waals surface area contributed by atoms with Crippen molar-refractivity contribution in [3.63, 3.8) is 0 Å². The number of aryl methyl sites for hydroxylation is 1. The molecule has 0 aliphatic carbocycles. The second-order valence-electron chi connectivity index (χ2n) is 8.19. The average Bonchev–Trinajstić information content (AvgIpc) is 3.51. The number of halogens is 1. The van der Waals surface area contributed by atoms with E-state index in [0.717, 1.165) is 49.0 Å². The minimum Gasteiger partial charge on any atom is -0.390 e. The molecule has 3 N–H and O–H groups in total. The summed E-state index contributed by atoms with van der Waals surface area (Å²) < 4.78 is 14.3. The Hall–Kier alpha value is -2.36. The molecular weight excluding hydrogens is 419 g/mol. The zero-order chi connectivity index (χ0) is 22.0. The molecule has 0 unspecified atom stereocenters. The fourth-order valence-corrected chi connectivity index (χ4v) is 5.23. The Kier molecular flexibility index (Phi) is 6.64. The molecule has 0 spiro atoms. The lowest BCUT2D eigenvalue weighted by Crippen LogP contribution is -2.43. The van der Waals surface area contributed by atoms with Gasteiger partial charge in [0.15, 0.2) is 0 Å². The van der Waals surface area contributed by atoms with Gasteiger partial charge in [0.1, 0.15) is 10.8 Å². The van der Waals surface area contributed by atoms with Crippen LogP contribution < -0.4 is 10.6 Å². The van der Waals surface area contributed by atoms with Crippen molar-refractivity contribution < 1.29 is 19.1 Å². The van der Waals surface area contributed by atoms with Crippen molar-refractivity contribution in [2.24, 2.45) is 0 Å². The van der Waals surface area contributed by atoms with Crippen molar-refractivity contribution >= 4 is 23.2 Å². The van der Waals surface area contributed by atoms with Gasteiger partial charge in [-0.2, -0.15) is 0 Å². The Labute approximate surface area is 184 Å². The molecule has 2 amide bonds. The predicted octanol–water partition coefficient (Wildman–Crippen LogP) is 2.41. The van der Waals surface area contributed by atoms with Crippen molar-refractivity contribution in [1.29, 1.82) is 0 Å². The van der Waals surface area contributed by atoms with Gasteiger partial charge in [-0.05, 0) is 57.4 Å². The molecule has 166 valence electrons. The minimum atomic E-state index is -0.715. The summed E-state index contributed by atoms with van der Waals surface area (Å²) >= 11 is 1.52. The zero-order valence-electron chi connectivity index (χ0n) is 17.4. The number of hydrogen-bond acceptors (Lipinski definition) is 6. The first-order valence-corrected chi connectivity index (χ1v) is 11.5. The maximum atomic E-state index is 14.3. The molecule has 1 aromatic carbocycles. The van der Waals surface area contributed by atoms with Crippen LogP contribution in [0.2, 0.25) is 0 Å². The molecule has 31 heavy (non-hydrogen) atoms. The first kappa shape index (κ1) is 21.9. The van der Waals surface area contributed by atoms with Crippen LogP contribution in [0.25, 0.3) is 0 Å². The predicted molar refractivity (Wildman–Crippen MR) is 116 cm³/mol. The molecule has 3 atom stereocenters. The number of aliphatic hydroxyl groups is 1. The van der Waals surface area contributed by atoms with E-state index < -0.39 is 17.8 Å². The number of rotatable bonds is 6. The number of benzene rings is 1. The van der Waals surface area contributed by atoms with Gasteiger partial charge in [-0.25, -0.2) is 9.37 Å². The summed E-state index contributed by atoms with van der Waals surface area (Å²) in [6, 6.07) is 3.52. The molecule has 0 saturated carbocycles. The standard InChI is InChI=1S/C22H27FN4O3S/c1-13-12-31-21(26-13)18-5-3-7-27(18)22(30)15-8-14(9-16(23)10-15)20(29)25-11-19(28)17-4-2-6-24-17/h8-10,12,17-19,24,28H,2-7,11H2,1H3,(H,25,29)/t17-,18-,19+/m1/s1. The second kappa shape index (κ2) is 9.42. The second-order valence-corrected chi connectivity index (χ2v) is 9.08. The van der Waals surface area contributed by atoms with E-state index in [2.05, 4.69) is 15.6 Å². The normalized spacial score (nSPS) is 22.0. The van der Waals surface area contributed by atoms with Crippen molar-refractivity contribution in [1.82, 2.24) is 20.5 Å². The fourth-order valence-electron chi connectivity index (χ4n) is 4.28. The molecule has 2 aromatic rings. The van der Waals surface area contributed by atoms with E-state index in [0.29, 0.717) is 6.54 Å². The minimum absolute atomic E-state index is 0.0495. The molecule has 0 bridgehead atoms. The number of nitrogens with one attached hydrogen (secondary N) is 2. The molecule has 9 heteroatoms. The molecular formula is C22H27FN4O3S. The number of aromatic nitrogens is 1. The monoisotopic (exact) mass is 446 g/mol. The summed E-state index contributed by atoms with van der Waals surface area (Å²) in [5, 5.41) is 18.9. The number of hydrogen-bond donors (Lipinski definition) is 3. The summed E-state index contributed by atoms with van der Waals surface area (Å²) in [6.07, 6.45) is 2.79. The van der Waals surface area contributed by atoms with Gasteiger partial charge in [0.05, 0.1) is 12.1 Å². The topological polar surface area (TPSA) is 94.6 Å². The van der Waals surface area contributed by atoms with Gasteiger partial charge in [0.2, 0.25) is 0 Å². The molecule has 2 saturated heterocycles. The lowest BCUT2D eigenvalue weighted by atomic mass is 10.1. The Morgan fingerprint density at radius 2 is 2.13 bits per heavy atom. The van der Waals surface area contributed by atoms with Crippen LogP contribution in [-0.4, -0.2) is 58.6 Å². The third-order valence-electron chi connectivity index (χ3n) is 5.88. The molecule has 7 nitrogen and oxygen atoms in total. The molecule has 0 radical (unpaired) electrons. The fraction of sp³-hybridized carbons (Fsp3) is 0.500. The lowest BCUT2D eigenvalue weighted by Gasteiger charge is -2.23. The summed E-state index contributed by atoms with van der Waals surface area (Å²) in [7, 11) is 0. The molecule has 2 aliphatic heterocycles. The Balaban J connectivity index is 1.46. The molecule has 4 rings (SSSR count). The maximum Gasteiger partial charge on any atom is 0.254 e. The highest BCUT2D eigenvalue weighted by Crippen LogP contribution is 2.34. The smallest absolute Gasteiger partial charge is 0.254 e. The van der Waals surface area contributed by atoms with Crippen LogP contribution in [0, 0.1) is 12.7 Å². The summed E-state index contributed by atoms with van der Waals surface area (Å²) in [4.78, 5) is 31.9. The third kappa shape index (κ3) is 4.94. The van der Waals surface area contributed by atoms with Gasteiger partial charge in [0, 0.05) is 41.3 Å². The van der Waals surface area contributed by atoms with Crippen LogP contribution >= 0.6 is 11.3 Å². The Morgan fingerprint density at radius 3 is 2.84 bits per heavy atom. The van der Waals surface area contributed by atoms with Crippen molar-refractivity contribution in [3.8, 4) is 0 Å². The molecule has 2 aliphatic rings. The van der Waals surface area contributed by atoms with Crippen LogP contribution in [0.15, 0.2) is 23.6 Å². The largest absolute Gasteiger partial charge is 0.390 e. The van der Waals surface area contributed by atoms with Crippen LogP contribution in [0.1, 0.15) is 63.1 Å². The van der Waals surface area contributed by atoms with Crippen LogP contribution in [0.5, 0.6) is 0 Å². The molecule has 3 heterocycles. The number of carbonyl (C=O) groups excluding carboxylic acids is 2. The highest BCUT2D eigenvalue weighted by atomic mass is 32.1. The summed E-state index contributed by atoms with van der Waals surface area (Å²) in [6.45, 7) is 3.40. The van der Waals surface area contributed by atoms with E-state index in [1.807, 2.05) is 12.3 Å². The van der Waals surface area contributed by atoms with Gasteiger partial charge in [-0.3, -0.25) is 9.59 Å². The van der Waals surface area contributed by atoms with Gasteiger partial charge in [-0.1, -0.05) is 0 Å². The number of amides is 2. The number of likely N-dealkylation sites (tertiary alicyclic amines) is 1. The van der Waals surface area contributed by atoms with Gasteiger partial charge in [-0.15, -0.1) is 11.3 Å². The third-order valence-corrected chi connectivity index (χ3v) is 6.94. The quantitative estimate of drug-likeness (QED) is 0.634. The molecule has 1 aromatic heterocycles. The SMILES string of the molecule is Cc1csc([C@H]2CCCN2C(=O)c2cc(F)cc(C(=O)NC[C@H](O)[C@H]3CCCN3)c2)n1. The van der Waals surface area contributed by atoms with Crippen LogP contribution in [0.3, 0.4) is 0 Å². The first-order valence-electron chi connectivity index (χ1n) is 10.7. The molecule has 2 fully saturated rings. The summed E-state index contributed by atoms with van der Waals surface area (Å²) in [5.41, 5.74) is 1.12. The first-order chi connectivity index (χ1) is 14.9. The van der Waals surface area contributed by atoms with Crippen molar-refractivity contribution in [3.05, 3.63) is 51.2 Å². The summed E-state index contributed by atoms with van der Waals surface area (Å²) in [5.74, 6) is -1.46. The Morgan fingerprint density at radius 1 is 1.32 bits per heavy atom. The van der Waals surface area contributed by atoms with E-state index in [1.165, 1.54) is 23.5 Å². The van der Waals surface area contributed by atoms with Crippen molar-refractivity contribution in [2.45, 2.75) is 50.8 Å².